The number of Topliss-reactive ketones (excluding diaryl/α,β-unsaturated/α-hetero) is 1. The normalized spacial score (nSPS) is 13.5. The van der Waals surface area contributed by atoms with Gasteiger partial charge in [0.2, 0.25) is 0 Å². The van der Waals surface area contributed by atoms with Crippen LogP contribution < -0.4 is 14.4 Å². The van der Waals surface area contributed by atoms with E-state index in [1.54, 1.807) is 41.3 Å². The molecule has 0 atom stereocenters. The predicted octanol–water partition coefficient (Wildman–Crippen LogP) is 2.94. The summed E-state index contributed by atoms with van der Waals surface area (Å²) in [5.74, 6) is 0.827. The number of ether oxygens (including phenoxy) is 2. The molecule has 0 N–H and O–H groups in total. The van der Waals surface area contributed by atoms with Crippen LogP contribution in [0.15, 0.2) is 42.5 Å². The van der Waals surface area contributed by atoms with Crippen LogP contribution in [0.4, 0.5) is 5.69 Å². The minimum Gasteiger partial charge on any atom is -0.496 e. The number of benzene rings is 2. The van der Waals surface area contributed by atoms with Gasteiger partial charge in [-0.2, -0.15) is 0 Å². The number of para-hydroxylation sites is 2. The van der Waals surface area contributed by atoms with E-state index in [0.29, 0.717) is 41.3 Å². The SMILES string of the molecule is COc1ccccc1C(=O)N1CCC(=O)c2cccc(OC)c21. The zero-order valence-corrected chi connectivity index (χ0v) is 13.0. The van der Waals surface area contributed by atoms with Gasteiger partial charge in [0.25, 0.3) is 5.91 Å². The van der Waals surface area contributed by atoms with Crippen molar-refractivity contribution in [2.24, 2.45) is 0 Å². The van der Waals surface area contributed by atoms with Gasteiger partial charge in [-0.05, 0) is 24.3 Å². The number of anilines is 1. The Kier molecular flexibility index (Phi) is 4.02. The second-order valence-electron chi connectivity index (χ2n) is 5.19. The molecule has 1 aliphatic heterocycles. The van der Waals surface area contributed by atoms with Crippen molar-refractivity contribution in [2.75, 3.05) is 25.7 Å². The van der Waals surface area contributed by atoms with E-state index in [2.05, 4.69) is 0 Å². The minimum absolute atomic E-state index is 0.0166. The Bertz CT molecular complexity index is 769. The third-order valence-corrected chi connectivity index (χ3v) is 3.93. The molecule has 2 aromatic rings. The first-order chi connectivity index (χ1) is 11.2. The molecule has 1 aliphatic rings. The first-order valence-electron chi connectivity index (χ1n) is 7.32. The average molecular weight is 311 g/mol. The summed E-state index contributed by atoms with van der Waals surface area (Å²) in [4.78, 5) is 26.7. The van der Waals surface area contributed by atoms with E-state index < -0.39 is 0 Å². The van der Waals surface area contributed by atoms with E-state index in [1.165, 1.54) is 14.2 Å². The number of amides is 1. The Morgan fingerprint density at radius 1 is 1.00 bits per heavy atom. The van der Waals surface area contributed by atoms with Gasteiger partial charge in [-0.25, -0.2) is 0 Å². The van der Waals surface area contributed by atoms with Crippen molar-refractivity contribution in [3.8, 4) is 11.5 Å². The second kappa shape index (κ2) is 6.12. The number of rotatable bonds is 3. The van der Waals surface area contributed by atoms with Crippen molar-refractivity contribution in [3.05, 3.63) is 53.6 Å². The lowest BCUT2D eigenvalue weighted by Gasteiger charge is -2.30. The van der Waals surface area contributed by atoms with Gasteiger partial charge in [0.1, 0.15) is 11.5 Å². The molecule has 0 saturated heterocycles. The molecular weight excluding hydrogens is 294 g/mol. The summed E-state index contributed by atoms with van der Waals surface area (Å²) in [7, 11) is 3.06. The number of hydrogen-bond acceptors (Lipinski definition) is 4. The number of carbonyl (C=O) groups excluding carboxylic acids is 2. The van der Waals surface area contributed by atoms with E-state index in [4.69, 9.17) is 9.47 Å². The summed E-state index contributed by atoms with van der Waals surface area (Å²) < 4.78 is 10.6. The molecule has 23 heavy (non-hydrogen) atoms. The maximum absolute atomic E-state index is 13.0. The average Bonchev–Trinajstić information content (AvgIpc) is 2.61. The highest BCUT2D eigenvalue weighted by atomic mass is 16.5. The number of methoxy groups -OCH3 is 2. The summed E-state index contributed by atoms with van der Waals surface area (Å²) in [5, 5.41) is 0. The van der Waals surface area contributed by atoms with E-state index >= 15 is 0 Å². The number of carbonyl (C=O) groups is 2. The Hall–Kier alpha value is -2.82. The van der Waals surface area contributed by atoms with Crippen molar-refractivity contribution < 1.29 is 19.1 Å². The van der Waals surface area contributed by atoms with Gasteiger partial charge in [-0.15, -0.1) is 0 Å². The van der Waals surface area contributed by atoms with Gasteiger partial charge in [-0.3, -0.25) is 9.59 Å². The van der Waals surface area contributed by atoms with Crippen molar-refractivity contribution in [3.63, 3.8) is 0 Å². The summed E-state index contributed by atoms with van der Waals surface area (Å²) in [6.45, 7) is 0.323. The molecule has 1 amide bonds. The van der Waals surface area contributed by atoms with Gasteiger partial charge in [-0.1, -0.05) is 18.2 Å². The fourth-order valence-corrected chi connectivity index (χ4v) is 2.82. The third kappa shape index (κ3) is 2.54. The van der Waals surface area contributed by atoms with Gasteiger partial charge in [0.05, 0.1) is 25.5 Å². The molecule has 5 heteroatoms. The first kappa shape index (κ1) is 15.1. The summed E-state index contributed by atoms with van der Waals surface area (Å²) >= 11 is 0. The lowest BCUT2D eigenvalue weighted by molar-refractivity contribution is 0.0952. The Balaban J connectivity index is 2.10. The highest BCUT2D eigenvalue weighted by Crippen LogP contribution is 2.37. The number of hydrogen-bond donors (Lipinski definition) is 0. The molecule has 0 spiro atoms. The summed E-state index contributed by atoms with van der Waals surface area (Å²) in [5.41, 5.74) is 1.50. The minimum atomic E-state index is -0.208. The molecule has 3 rings (SSSR count). The van der Waals surface area contributed by atoms with E-state index in [9.17, 15) is 9.59 Å². The molecule has 0 aromatic heterocycles. The Morgan fingerprint density at radius 3 is 2.43 bits per heavy atom. The maximum atomic E-state index is 13.0. The quantitative estimate of drug-likeness (QED) is 0.874. The molecule has 0 aliphatic carbocycles. The van der Waals surface area contributed by atoms with Crippen LogP contribution in [0.1, 0.15) is 27.1 Å². The third-order valence-electron chi connectivity index (χ3n) is 3.93. The van der Waals surface area contributed by atoms with Crippen molar-refractivity contribution >= 4 is 17.4 Å². The number of fused-ring (bicyclic) bond motifs is 1. The number of ketones is 1. The van der Waals surface area contributed by atoms with Crippen molar-refractivity contribution in [2.45, 2.75) is 6.42 Å². The van der Waals surface area contributed by atoms with Gasteiger partial charge >= 0.3 is 0 Å². The molecular formula is C18H17NO4. The van der Waals surface area contributed by atoms with Crippen LogP contribution in [0.2, 0.25) is 0 Å². The van der Waals surface area contributed by atoms with Crippen LogP contribution in [0, 0.1) is 0 Å². The zero-order chi connectivity index (χ0) is 16.4. The van der Waals surface area contributed by atoms with Crippen molar-refractivity contribution in [1.29, 1.82) is 0 Å². The zero-order valence-electron chi connectivity index (χ0n) is 13.0. The number of nitrogens with zero attached hydrogens (tertiary/aromatic N) is 1. The van der Waals surface area contributed by atoms with Crippen LogP contribution in [0.3, 0.4) is 0 Å². The van der Waals surface area contributed by atoms with E-state index in [-0.39, 0.29) is 11.7 Å². The van der Waals surface area contributed by atoms with Crippen LogP contribution in [0.25, 0.3) is 0 Å². The standard InChI is InChI=1S/C18H17NO4/c1-22-15-8-4-3-6-13(15)18(21)19-11-10-14(20)12-7-5-9-16(23-2)17(12)19/h3-9H,10-11H2,1-2H3. The summed E-state index contributed by atoms with van der Waals surface area (Å²) in [6, 6.07) is 12.3. The van der Waals surface area contributed by atoms with E-state index in [0.717, 1.165) is 0 Å². The molecule has 0 fully saturated rings. The maximum Gasteiger partial charge on any atom is 0.262 e. The highest BCUT2D eigenvalue weighted by molar-refractivity contribution is 6.15. The fraction of sp³-hybridized carbons (Fsp3) is 0.222. The monoisotopic (exact) mass is 311 g/mol. The smallest absolute Gasteiger partial charge is 0.262 e. The van der Waals surface area contributed by atoms with Crippen LogP contribution in [-0.2, 0) is 0 Å². The topological polar surface area (TPSA) is 55.8 Å². The Labute approximate surface area is 134 Å². The molecule has 2 aromatic carbocycles. The van der Waals surface area contributed by atoms with Crippen LogP contribution in [-0.4, -0.2) is 32.5 Å². The Morgan fingerprint density at radius 2 is 1.70 bits per heavy atom. The van der Waals surface area contributed by atoms with Crippen LogP contribution in [0.5, 0.6) is 11.5 Å². The lowest BCUT2D eigenvalue weighted by Crippen LogP contribution is -2.37. The molecule has 0 radical (unpaired) electrons. The lowest BCUT2D eigenvalue weighted by atomic mass is 9.98. The van der Waals surface area contributed by atoms with E-state index in [1.807, 2.05) is 6.07 Å². The van der Waals surface area contributed by atoms with Gasteiger partial charge < -0.3 is 14.4 Å². The highest BCUT2D eigenvalue weighted by Gasteiger charge is 2.31. The molecule has 0 unspecified atom stereocenters. The van der Waals surface area contributed by atoms with Crippen LogP contribution >= 0.6 is 0 Å². The molecule has 1 heterocycles. The molecule has 118 valence electrons. The van der Waals surface area contributed by atoms with Crippen molar-refractivity contribution in [1.82, 2.24) is 0 Å². The summed E-state index contributed by atoms with van der Waals surface area (Å²) in [6.07, 6.45) is 0.293. The predicted molar refractivity (Wildman–Crippen MR) is 86.6 cm³/mol. The largest absolute Gasteiger partial charge is 0.496 e. The molecule has 0 bridgehead atoms. The van der Waals surface area contributed by atoms with Gasteiger partial charge in [0, 0.05) is 18.5 Å². The molecule has 5 nitrogen and oxygen atoms in total. The fourth-order valence-electron chi connectivity index (χ4n) is 2.82. The first-order valence-corrected chi connectivity index (χ1v) is 7.32. The second-order valence-corrected chi connectivity index (χ2v) is 5.19. The molecule has 0 saturated carbocycles. The van der Waals surface area contributed by atoms with Gasteiger partial charge in [0.15, 0.2) is 5.78 Å².